The molecule has 0 aromatic heterocycles. The maximum atomic E-state index is 2.50. The molecule has 0 bridgehead atoms. The van der Waals surface area contributed by atoms with Crippen LogP contribution in [0.5, 0.6) is 0 Å². The van der Waals surface area contributed by atoms with Crippen molar-refractivity contribution in [2.75, 3.05) is 0 Å². The summed E-state index contributed by atoms with van der Waals surface area (Å²) in [6.45, 7) is 5.00. The van der Waals surface area contributed by atoms with E-state index >= 15 is 0 Å². The molecule has 0 saturated carbocycles. The Morgan fingerprint density at radius 2 is 1.27 bits per heavy atom. The van der Waals surface area contributed by atoms with Gasteiger partial charge in [0.1, 0.15) is 0 Å². The molecular weight excluding hydrogens is 180 g/mol. The Kier molecular flexibility index (Phi) is 3.33. The predicted molar refractivity (Wildman–Crippen MR) is 66.7 cm³/mol. The molecule has 0 radical (unpaired) electrons. The van der Waals surface area contributed by atoms with E-state index < -0.39 is 0 Å². The molecule has 2 aliphatic rings. The van der Waals surface area contributed by atoms with Crippen molar-refractivity contribution in [3.8, 4) is 0 Å². The Labute approximate surface area is 94.5 Å². The van der Waals surface area contributed by atoms with Gasteiger partial charge in [0.15, 0.2) is 0 Å². The summed E-state index contributed by atoms with van der Waals surface area (Å²) in [6.07, 6.45) is 17.5. The third kappa shape index (κ3) is 2.35. The van der Waals surface area contributed by atoms with Gasteiger partial charge in [0.05, 0.1) is 0 Å². The van der Waals surface area contributed by atoms with Crippen LogP contribution in [0.1, 0.15) is 52.4 Å². The van der Waals surface area contributed by atoms with Gasteiger partial charge in [-0.25, -0.2) is 0 Å². The average Bonchev–Trinajstić information content (AvgIpc) is 2.31. The van der Waals surface area contributed by atoms with E-state index in [1.165, 1.54) is 38.5 Å². The van der Waals surface area contributed by atoms with Gasteiger partial charge in [-0.2, -0.15) is 0 Å². The second kappa shape index (κ2) is 4.55. The number of hydrogen-bond acceptors (Lipinski definition) is 0. The molecular formula is C15H24. The molecule has 2 rings (SSSR count). The third-order valence-corrected chi connectivity index (χ3v) is 4.64. The van der Waals surface area contributed by atoms with Gasteiger partial charge in [-0.3, -0.25) is 0 Å². The Morgan fingerprint density at radius 3 is 1.60 bits per heavy atom. The van der Waals surface area contributed by atoms with Crippen LogP contribution >= 0.6 is 0 Å². The fraction of sp³-hybridized carbons (Fsp3) is 0.733. The van der Waals surface area contributed by atoms with E-state index in [1.807, 2.05) is 0 Å². The highest BCUT2D eigenvalue weighted by atomic mass is 14.4. The van der Waals surface area contributed by atoms with Crippen LogP contribution in [0.2, 0.25) is 0 Å². The first-order chi connectivity index (χ1) is 7.21. The standard InChI is InChI=1S/C15H24/c1-15(2,13-9-5-3-6-10-13)14-11-7-4-8-12-14/h3-5,7,13-14H,6,8-12H2,1-2H3. The van der Waals surface area contributed by atoms with E-state index in [4.69, 9.17) is 0 Å². The second-order valence-electron chi connectivity index (χ2n) is 5.78. The molecule has 0 spiro atoms. The highest BCUT2D eigenvalue weighted by molar-refractivity contribution is 5.00. The monoisotopic (exact) mass is 204 g/mol. The van der Waals surface area contributed by atoms with Crippen LogP contribution in [0.4, 0.5) is 0 Å². The number of hydrogen-bond donors (Lipinski definition) is 0. The first kappa shape index (κ1) is 11.0. The van der Waals surface area contributed by atoms with Crippen LogP contribution in [0.15, 0.2) is 24.3 Å². The van der Waals surface area contributed by atoms with E-state index in [0.717, 1.165) is 11.8 Å². The quantitative estimate of drug-likeness (QED) is 0.571. The summed E-state index contributed by atoms with van der Waals surface area (Å²) in [5, 5.41) is 0. The van der Waals surface area contributed by atoms with Crippen LogP contribution in [-0.4, -0.2) is 0 Å². The van der Waals surface area contributed by atoms with Crippen LogP contribution in [0, 0.1) is 17.3 Å². The van der Waals surface area contributed by atoms with Gasteiger partial charge >= 0.3 is 0 Å². The van der Waals surface area contributed by atoms with Crippen molar-refractivity contribution >= 4 is 0 Å². The molecule has 0 aromatic rings. The molecule has 0 fully saturated rings. The Hall–Kier alpha value is -0.520. The summed E-state index contributed by atoms with van der Waals surface area (Å²) in [6, 6.07) is 0. The third-order valence-electron chi connectivity index (χ3n) is 4.64. The maximum absolute atomic E-state index is 2.50. The van der Waals surface area contributed by atoms with Crippen LogP contribution in [0.25, 0.3) is 0 Å². The fourth-order valence-electron chi connectivity index (χ4n) is 3.27. The van der Waals surface area contributed by atoms with Crippen molar-refractivity contribution in [2.24, 2.45) is 17.3 Å². The second-order valence-corrected chi connectivity index (χ2v) is 5.78. The zero-order valence-corrected chi connectivity index (χ0v) is 10.2. The van der Waals surface area contributed by atoms with Crippen molar-refractivity contribution in [2.45, 2.75) is 52.4 Å². The predicted octanol–water partition coefficient (Wildman–Crippen LogP) is 4.73. The number of rotatable bonds is 2. The first-order valence-corrected chi connectivity index (χ1v) is 6.51. The SMILES string of the molecule is CC(C)(C1CC=CCC1)C1CC=CCC1. The molecule has 2 aliphatic carbocycles. The Morgan fingerprint density at radius 1 is 0.800 bits per heavy atom. The molecule has 0 saturated heterocycles. The summed E-state index contributed by atoms with van der Waals surface area (Å²) >= 11 is 0. The van der Waals surface area contributed by atoms with E-state index in [9.17, 15) is 0 Å². The Balaban J connectivity index is 2.03. The molecule has 0 heteroatoms. The summed E-state index contributed by atoms with van der Waals surface area (Å²) < 4.78 is 0. The summed E-state index contributed by atoms with van der Waals surface area (Å²) in [5.41, 5.74) is 0.537. The largest absolute Gasteiger partial charge is 0.0885 e. The van der Waals surface area contributed by atoms with Crippen molar-refractivity contribution in [1.82, 2.24) is 0 Å². The molecule has 0 N–H and O–H groups in total. The molecule has 0 aliphatic heterocycles. The summed E-state index contributed by atoms with van der Waals surface area (Å²) in [4.78, 5) is 0. The normalized spacial score (nSPS) is 31.9. The number of allylic oxidation sites excluding steroid dienone is 4. The molecule has 2 atom stereocenters. The van der Waals surface area contributed by atoms with E-state index in [1.54, 1.807) is 0 Å². The molecule has 0 amide bonds. The lowest BCUT2D eigenvalue weighted by Crippen LogP contribution is -2.33. The minimum Gasteiger partial charge on any atom is -0.0885 e. The van der Waals surface area contributed by atoms with Crippen LogP contribution in [0.3, 0.4) is 0 Å². The van der Waals surface area contributed by atoms with Crippen molar-refractivity contribution in [3.63, 3.8) is 0 Å². The minimum atomic E-state index is 0.537. The Bertz CT molecular complexity index is 231. The lowest BCUT2D eigenvalue weighted by molar-refractivity contribution is 0.0973. The van der Waals surface area contributed by atoms with E-state index in [-0.39, 0.29) is 0 Å². The fourth-order valence-corrected chi connectivity index (χ4v) is 3.27. The van der Waals surface area contributed by atoms with Crippen molar-refractivity contribution < 1.29 is 0 Å². The van der Waals surface area contributed by atoms with Gasteiger partial charge < -0.3 is 0 Å². The highest BCUT2D eigenvalue weighted by Crippen LogP contribution is 2.45. The molecule has 2 unspecified atom stereocenters. The topological polar surface area (TPSA) is 0 Å². The van der Waals surface area contributed by atoms with Gasteiger partial charge in [-0.15, -0.1) is 0 Å². The first-order valence-electron chi connectivity index (χ1n) is 6.51. The van der Waals surface area contributed by atoms with Crippen LogP contribution in [-0.2, 0) is 0 Å². The lowest BCUT2D eigenvalue weighted by Gasteiger charge is -2.42. The van der Waals surface area contributed by atoms with E-state index in [0.29, 0.717) is 5.41 Å². The average molecular weight is 204 g/mol. The van der Waals surface area contributed by atoms with Gasteiger partial charge in [0.25, 0.3) is 0 Å². The summed E-state index contributed by atoms with van der Waals surface area (Å²) in [5.74, 6) is 1.83. The minimum absolute atomic E-state index is 0.537. The lowest BCUT2D eigenvalue weighted by atomic mass is 9.62. The molecule has 0 heterocycles. The van der Waals surface area contributed by atoms with Crippen molar-refractivity contribution in [3.05, 3.63) is 24.3 Å². The molecule has 0 nitrogen and oxygen atoms in total. The van der Waals surface area contributed by atoms with Gasteiger partial charge in [0, 0.05) is 0 Å². The molecule has 0 aromatic carbocycles. The molecule has 15 heavy (non-hydrogen) atoms. The maximum Gasteiger partial charge on any atom is -0.0291 e. The smallest absolute Gasteiger partial charge is 0.0291 e. The van der Waals surface area contributed by atoms with E-state index in [2.05, 4.69) is 38.2 Å². The molecule has 84 valence electrons. The van der Waals surface area contributed by atoms with Gasteiger partial charge in [-0.1, -0.05) is 38.2 Å². The van der Waals surface area contributed by atoms with Gasteiger partial charge in [0.2, 0.25) is 0 Å². The highest BCUT2D eigenvalue weighted by Gasteiger charge is 2.36. The summed E-state index contributed by atoms with van der Waals surface area (Å²) in [7, 11) is 0. The zero-order chi connectivity index (χ0) is 10.7. The van der Waals surface area contributed by atoms with Crippen LogP contribution < -0.4 is 0 Å². The van der Waals surface area contributed by atoms with Gasteiger partial charge in [-0.05, 0) is 55.8 Å². The van der Waals surface area contributed by atoms with Crippen molar-refractivity contribution in [1.29, 1.82) is 0 Å². The zero-order valence-electron chi connectivity index (χ0n) is 10.2.